The molecule has 0 aromatic heterocycles. The van der Waals surface area contributed by atoms with E-state index in [2.05, 4.69) is 34.9 Å². The van der Waals surface area contributed by atoms with Gasteiger partial charge >= 0.3 is 5.97 Å². The highest BCUT2D eigenvalue weighted by Gasteiger charge is 2.20. The Hall–Kier alpha value is -2.40. The number of fused-ring (bicyclic) bond motifs is 1. The van der Waals surface area contributed by atoms with E-state index in [4.69, 9.17) is 17.0 Å². The van der Waals surface area contributed by atoms with Crippen molar-refractivity contribution < 1.29 is 9.53 Å². The Bertz CT molecular complexity index is 804. The molecule has 0 fully saturated rings. The first-order chi connectivity index (χ1) is 12.1. The Labute approximate surface area is 153 Å². The first kappa shape index (κ1) is 17.4. The molecule has 130 valence electrons. The zero-order valence-corrected chi connectivity index (χ0v) is 15.3. The third kappa shape index (κ3) is 3.82. The molecule has 5 heteroatoms. The smallest absolute Gasteiger partial charge is 0.338 e. The Kier molecular flexibility index (Phi) is 5.34. The number of methoxy groups -OCH3 is 1. The lowest BCUT2D eigenvalue weighted by Crippen LogP contribution is -2.34. The molecule has 0 spiro atoms. The largest absolute Gasteiger partial charge is 0.465 e. The van der Waals surface area contributed by atoms with Gasteiger partial charge in [0, 0.05) is 5.69 Å². The number of carbonyl (C=O) groups excluding carboxylic acids is 1. The number of aryl methyl sites for hydroxylation is 1. The van der Waals surface area contributed by atoms with Crippen LogP contribution in [-0.4, -0.2) is 18.2 Å². The molecule has 0 radical (unpaired) electrons. The monoisotopic (exact) mass is 354 g/mol. The number of nitrogens with one attached hydrogen (secondary N) is 2. The molecule has 1 aliphatic rings. The lowest BCUT2D eigenvalue weighted by Gasteiger charge is -2.27. The van der Waals surface area contributed by atoms with Gasteiger partial charge in [-0.05, 0) is 67.2 Å². The van der Waals surface area contributed by atoms with Gasteiger partial charge in [0.1, 0.15) is 0 Å². The number of hydrogen-bond acceptors (Lipinski definition) is 3. The molecule has 0 bridgehead atoms. The van der Waals surface area contributed by atoms with Gasteiger partial charge in [-0.25, -0.2) is 4.79 Å². The van der Waals surface area contributed by atoms with Crippen molar-refractivity contribution in [2.24, 2.45) is 0 Å². The lowest BCUT2D eigenvalue weighted by molar-refractivity contribution is 0.0600. The highest BCUT2D eigenvalue weighted by molar-refractivity contribution is 7.80. The highest BCUT2D eigenvalue weighted by atomic mass is 32.1. The zero-order valence-electron chi connectivity index (χ0n) is 14.5. The van der Waals surface area contributed by atoms with E-state index in [0.717, 1.165) is 30.5 Å². The molecule has 25 heavy (non-hydrogen) atoms. The zero-order chi connectivity index (χ0) is 17.8. The molecule has 1 atom stereocenters. The van der Waals surface area contributed by atoms with Gasteiger partial charge in [-0.3, -0.25) is 0 Å². The lowest BCUT2D eigenvalue weighted by atomic mass is 9.88. The normalized spacial score (nSPS) is 15.8. The molecule has 0 aliphatic heterocycles. The molecule has 0 saturated carbocycles. The van der Waals surface area contributed by atoms with Crippen molar-refractivity contribution in [2.75, 3.05) is 12.4 Å². The van der Waals surface area contributed by atoms with Crippen LogP contribution in [0.1, 0.15) is 45.9 Å². The Morgan fingerprint density at radius 3 is 2.80 bits per heavy atom. The van der Waals surface area contributed by atoms with Gasteiger partial charge in [-0.1, -0.05) is 30.3 Å². The van der Waals surface area contributed by atoms with Crippen molar-refractivity contribution in [3.8, 4) is 0 Å². The number of rotatable bonds is 3. The van der Waals surface area contributed by atoms with Crippen molar-refractivity contribution in [1.29, 1.82) is 0 Å². The van der Waals surface area contributed by atoms with E-state index in [-0.39, 0.29) is 12.0 Å². The molecule has 2 aromatic rings. The summed E-state index contributed by atoms with van der Waals surface area (Å²) in [6.07, 6.45) is 3.32. The molecular weight excluding hydrogens is 332 g/mol. The standard InChI is InChI=1S/C20H22N2O2S/c1-13-15(19(23)24-2)10-6-11-17(13)21-20(25)22-18-12-5-8-14-7-3-4-9-16(14)18/h3-4,6-7,9-11,18H,5,8,12H2,1-2H3,(H2,21,22,25)/t18-/m1/s1. The molecule has 0 heterocycles. The molecular formula is C20H22N2O2S. The average molecular weight is 354 g/mol. The van der Waals surface area contributed by atoms with E-state index in [0.29, 0.717) is 10.7 Å². The summed E-state index contributed by atoms with van der Waals surface area (Å²) in [6, 6.07) is 14.2. The van der Waals surface area contributed by atoms with Crippen LogP contribution < -0.4 is 10.6 Å². The Balaban J connectivity index is 1.73. The first-order valence-corrected chi connectivity index (χ1v) is 8.84. The Morgan fingerprint density at radius 1 is 1.20 bits per heavy atom. The number of esters is 1. The van der Waals surface area contributed by atoms with Crippen molar-refractivity contribution in [2.45, 2.75) is 32.2 Å². The topological polar surface area (TPSA) is 50.4 Å². The predicted octanol–water partition coefficient (Wildman–Crippen LogP) is 4.15. The number of benzene rings is 2. The van der Waals surface area contributed by atoms with Crippen molar-refractivity contribution in [3.63, 3.8) is 0 Å². The fraction of sp³-hybridized carbons (Fsp3) is 0.300. The molecule has 2 N–H and O–H groups in total. The Morgan fingerprint density at radius 2 is 2.00 bits per heavy atom. The molecule has 3 rings (SSSR count). The molecule has 0 amide bonds. The van der Waals surface area contributed by atoms with E-state index in [1.54, 1.807) is 6.07 Å². The van der Waals surface area contributed by atoms with Crippen LogP contribution in [0.15, 0.2) is 42.5 Å². The summed E-state index contributed by atoms with van der Waals surface area (Å²) in [7, 11) is 1.38. The van der Waals surface area contributed by atoms with Crippen molar-refractivity contribution in [1.82, 2.24) is 5.32 Å². The minimum Gasteiger partial charge on any atom is -0.465 e. The van der Waals surface area contributed by atoms with Crippen LogP contribution in [0.3, 0.4) is 0 Å². The van der Waals surface area contributed by atoms with Crippen LogP contribution in [0.4, 0.5) is 5.69 Å². The summed E-state index contributed by atoms with van der Waals surface area (Å²) in [5.74, 6) is -0.346. The van der Waals surface area contributed by atoms with Crippen molar-refractivity contribution >= 4 is 29.0 Å². The summed E-state index contributed by atoms with van der Waals surface area (Å²) in [6.45, 7) is 1.88. The fourth-order valence-electron chi connectivity index (χ4n) is 3.32. The van der Waals surface area contributed by atoms with Crippen LogP contribution in [0, 0.1) is 6.92 Å². The quantitative estimate of drug-likeness (QED) is 0.641. The van der Waals surface area contributed by atoms with E-state index in [1.165, 1.54) is 18.2 Å². The van der Waals surface area contributed by atoms with Crippen LogP contribution in [0.2, 0.25) is 0 Å². The second-order valence-corrected chi connectivity index (χ2v) is 6.62. The second-order valence-electron chi connectivity index (χ2n) is 6.21. The predicted molar refractivity (Wildman–Crippen MR) is 104 cm³/mol. The minimum absolute atomic E-state index is 0.217. The third-order valence-corrected chi connectivity index (χ3v) is 4.88. The van der Waals surface area contributed by atoms with Crippen LogP contribution in [0.5, 0.6) is 0 Å². The van der Waals surface area contributed by atoms with Gasteiger partial charge in [-0.2, -0.15) is 0 Å². The number of ether oxygens (including phenoxy) is 1. The van der Waals surface area contributed by atoms with E-state index in [1.807, 2.05) is 19.1 Å². The molecule has 2 aromatic carbocycles. The number of anilines is 1. The molecule has 1 aliphatic carbocycles. The van der Waals surface area contributed by atoms with Gasteiger partial charge < -0.3 is 15.4 Å². The first-order valence-electron chi connectivity index (χ1n) is 8.43. The minimum atomic E-state index is -0.346. The number of thiocarbonyl (C=S) groups is 1. The molecule has 4 nitrogen and oxygen atoms in total. The summed E-state index contributed by atoms with van der Waals surface area (Å²) < 4.78 is 4.82. The maximum Gasteiger partial charge on any atom is 0.338 e. The van der Waals surface area contributed by atoms with Crippen molar-refractivity contribution in [3.05, 3.63) is 64.7 Å². The average Bonchev–Trinajstić information content (AvgIpc) is 2.63. The maximum atomic E-state index is 11.8. The molecule has 0 unspecified atom stereocenters. The third-order valence-electron chi connectivity index (χ3n) is 4.66. The fourth-order valence-corrected chi connectivity index (χ4v) is 3.57. The van der Waals surface area contributed by atoms with Crippen LogP contribution in [-0.2, 0) is 11.2 Å². The van der Waals surface area contributed by atoms with E-state index in [9.17, 15) is 4.79 Å². The number of hydrogen-bond donors (Lipinski definition) is 2. The van der Waals surface area contributed by atoms with Crippen LogP contribution in [0.25, 0.3) is 0 Å². The summed E-state index contributed by atoms with van der Waals surface area (Å²) in [5.41, 5.74) is 4.88. The van der Waals surface area contributed by atoms with Gasteiger partial charge in [0.05, 0.1) is 18.7 Å². The van der Waals surface area contributed by atoms with E-state index < -0.39 is 0 Å². The summed E-state index contributed by atoms with van der Waals surface area (Å²) in [4.78, 5) is 11.8. The summed E-state index contributed by atoms with van der Waals surface area (Å²) in [5, 5.41) is 7.20. The van der Waals surface area contributed by atoms with Gasteiger partial charge in [0.2, 0.25) is 0 Å². The SMILES string of the molecule is COC(=O)c1cccc(NC(=S)N[C@@H]2CCCc3ccccc32)c1C. The number of carbonyl (C=O) groups is 1. The maximum absolute atomic E-state index is 11.8. The highest BCUT2D eigenvalue weighted by Crippen LogP contribution is 2.29. The van der Waals surface area contributed by atoms with Gasteiger partial charge in [0.15, 0.2) is 5.11 Å². The van der Waals surface area contributed by atoms with Crippen LogP contribution >= 0.6 is 12.2 Å². The van der Waals surface area contributed by atoms with Gasteiger partial charge in [0.25, 0.3) is 0 Å². The van der Waals surface area contributed by atoms with Gasteiger partial charge in [-0.15, -0.1) is 0 Å². The van der Waals surface area contributed by atoms with E-state index >= 15 is 0 Å². The second kappa shape index (κ2) is 7.66. The molecule has 0 saturated heterocycles. The summed E-state index contributed by atoms with van der Waals surface area (Å²) >= 11 is 5.50.